The number of aliphatic carboxylic acids is 2. The van der Waals surface area contributed by atoms with E-state index in [9.17, 15) is 72.4 Å². The van der Waals surface area contributed by atoms with Crippen molar-refractivity contribution < 1.29 is 230 Å². The molecule has 7 rings (SSSR count). The number of esters is 2. The summed E-state index contributed by atoms with van der Waals surface area (Å²) in [5, 5.41) is 88.4. The molecule has 0 bridgehead atoms. The molecule has 0 aromatic heterocycles. The Morgan fingerprint density at radius 1 is 0.452 bits per heavy atom. The van der Waals surface area contributed by atoms with Crippen molar-refractivity contribution in [2.24, 2.45) is 5.73 Å². The molecule has 44 heteroatoms. The molecule has 2 aromatic carbocycles. The van der Waals surface area contributed by atoms with Gasteiger partial charge in [0.1, 0.15) is 102 Å². The zero-order chi connectivity index (χ0) is 101. The van der Waals surface area contributed by atoms with Crippen molar-refractivity contribution in [3.05, 3.63) is 71.8 Å². The number of carbonyl (C=O) groups is 15. The summed E-state index contributed by atoms with van der Waals surface area (Å²) in [6.07, 6.45) is 5.98. The van der Waals surface area contributed by atoms with E-state index in [-0.39, 0.29) is 223 Å². The fourth-order valence-electron chi connectivity index (χ4n) is 12.7. The zero-order valence-electron chi connectivity index (χ0n) is 82.0. The largest absolute Gasteiger partial charge is 1.00 e. The van der Waals surface area contributed by atoms with E-state index in [1.54, 1.807) is 113 Å². The smallest absolute Gasteiger partial charge is 1.00 e. The van der Waals surface area contributed by atoms with E-state index < -0.39 is 125 Å². The van der Waals surface area contributed by atoms with Crippen molar-refractivity contribution in [2.45, 2.75) is 341 Å². The Kier molecular flexibility index (Phi) is 68.0. The Balaban J connectivity index is -0.000000771. The normalized spacial score (nSPS) is 17.2. The molecule has 5 aliphatic heterocycles. The van der Waals surface area contributed by atoms with Crippen LogP contribution in [0.4, 0.5) is 19.2 Å². The summed E-state index contributed by atoms with van der Waals surface area (Å²) in [5.74, 6) is -4.52. The molecule has 5 aliphatic rings. The number of alkyl carbamates (subject to hydrolysis) is 4. The molecule has 0 aliphatic carbocycles. The summed E-state index contributed by atoms with van der Waals surface area (Å²) in [5.41, 5.74) is 4.59. The molecule has 5 saturated heterocycles. The minimum absolute atomic E-state index is 0. The van der Waals surface area contributed by atoms with Crippen LogP contribution >= 0.6 is 11.8 Å². The first kappa shape index (κ1) is 130. The van der Waals surface area contributed by atoms with Crippen LogP contribution in [-0.4, -0.2) is 251 Å². The second-order valence-electron chi connectivity index (χ2n) is 34.6. The molecule has 10 atom stereocenters. The third-order valence-electron chi connectivity index (χ3n) is 19.0. The van der Waals surface area contributed by atoms with Crippen molar-refractivity contribution in [3.63, 3.8) is 0 Å². The molecule has 0 spiro atoms. The van der Waals surface area contributed by atoms with Gasteiger partial charge >= 0.3 is 151 Å². The Morgan fingerprint density at radius 2 is 0.711 bits per heavy atom. The Bertz CT molecular complexity index is 4240. The number of likely N-dealkylation sites (tertiary alicyclic amines) is 4. The predicted octanol–water partition coefficient (Wildman–Crippen LogP) is 3.09. The van der Waals surface area contributed by atoms with Crippen LogP contribution in [0.5, 0.6) is 0 Å². The van der Waals surface area contributed by atoms with Gasteiger partial charge in [-0.25, -0.2) is 28.4 Å². The van der Waals surface area contributed by atoms with Crippen molar-refractivity contribution >= 4 is 102 Å². The molecule has 41 nitrogen and oxygen atoms in total. The molecule has 5 fully saturated rings. The first-order chi connectivity index (χ1) is 62.4. The van der Waals surface area contributed by atoms with E-state index in [0.29, 0.717) is 77.5 Å². The number of nitriles is 5. The molecule has 8 amide bonds. The van der Waals surface area contributed by atoms with Crippen LogP contribution in [0.3, 0.4) is 0 Å². The molecule has 0 saturated carbocycles. The standard InChI is InChI=1S/C22H29N3O5.C17H27N3O4.C17H23NO6.C15H23N3O5.C12H19N3O2.C5H7ClN2.C2H6O.CH2O3.2K.H/c1-22(2,3)30-21(28)24-18(20(27)25-13-7-10-17(25)14-23)11-12-19(26)29-15-16-8-5-4-6-9-16;1-5-13(21)8-9-14(19-16(23)24-17(2,3)4)15(22)20-10-6-7-12(20)11-18;1-17(2,3)24-16(22)18-13(15(20)21)9-10-14(19)23-11-12-7-5-4-6-8-12;1-15(2,3)23-14(22)17-11(6-7-12(19)20)13(21)18-8-4-5-10(18)9-16;1-2-10(16)5-6-11(14)12(17)15-7-3-4-9(15)8-13;6-8-3-1-2-5(8)4-7;1-2-3;2-1-4-3;;;/h4-6,8-9,17-18H,7,10-13,15H2,1-3H3,(H,24,28);12,14H,5-10H2,1-4H3,(H,19,23);4-8,13H,9-11H2,1-3H3,(H,18,22)(H,20,21);10-11H,4-8H2,1-3H3,(H,17,22)(H,19,20);9,11H,2-7,14H2,1H3;5H,1-3H2;3H,2H2,1H3;1,3H;;;/q;;;;;;;;2*+1;-1/p-1/t17-,18-;12-,14-;13-;10-,11-;9-,11-;5-;;;;;/m000001...../s1. The van der Waals surface area contributed by atoms with E-state index in [2.05, 4.69) is 56.5 Å². The van der Waals surface area contributed by atoms with Crippen molar-refractivity contribution in [1.82, 2.24) is 45.3 Å². The van der Waals surface area contributed by atoms with Gasteiger partial charge in [0.2, 0.25) is 23.6 Å². The van der Waals surface area contributed by atoms with E-state index >= 15 is 0 Å². The number of nitrogens with two attached hydrogens (primary N) is 1. The summed E-state index contributed by atoms with van der Waals surface area (Å²) < 4.78 is 32.4. The van der Waals surface area contributed by atoms with E-state index in [1.807, 2.05) is 60.7 Å². The van der Waals surface area contributed by atoms with Crippen molar-refractivity contribution in [1.29, 1.82) is 26.3 Å². The molecule has 5 heterocycles. The van der Waals surface area contributed by atoms with Crippen molar-refractivity contribution in [2.75, 3.05) is 39.3 Å². The SMILES string of the molecule is CC(C)(C)OC(=O)N[C@@H](CCC(=O)O)C(=O)N1CCC[C@H]1C#N.CC(C)(C)OC(=O)N[C@@H](CCC(=O)OCc1ccccc1)C(=O)N1CCC[C@H]1C#N.CC(C)(C)OC(=O)N[C@@H](CCC(=O)OCc1ccccc1)C(=O)O.CCC(=O)CC[C@H](N)C(=O)N1CCC[C@H]1C#N.CCC(=O)CC[C@H](NC(=O)OC(C)(C)C)C(=O)N1CCC[C@H]1C#N.CCO.N#C[C@H]1CCCN1Cl.O=CO[O-].[H-].[K+].[K+]. The van der Waals surface area contributed by atoms with Gasteiger partial charge in [0, 0.05) is 84.3 Å². The molecule has 0 radical (unpaired) electrons. The molecule has 135 heavy (non-hydrogen) atoms. The van der Waals surface area contributed by atoms with Gasteiger partial charge in [-0.15, -0.1) is 0 Å². The van der Waals surface area contributed by atoms with E-state index in [4.69, 9.17) is 92.4 Å². The summed E-state index contributed by atoms with van der Waals surface area (Å²) in [4.78, 5) is 183. The van der Waals surface area contributed by atoms with Gasteiger partial charge in [0.25, 0.3) is 6.47 Å². The minimum Gasteiger partial charge on any atom is -1.00 e. The molecule has 2 aromatic rings. The number of nitrogens with zero attached hydrogens (tertiary/aromatic N) is 10. The van der Waals surface area contributed by atoms with E-state index in [0.717, 1.165) is 56.2 Å². The molecular weight excluding hydrogens is 1830 g/mol. The number of carboxylic acids is 2. The van der Waals surface area contributed by atoms with Crippen LogP contribution in [-0.2, 0) is 99.3 Å². The quantitative estimate of drug-likeness (QED) is 0.0102. The van der Waals surface area contributed by atoms with E-state index in [1.165, 1.54) is 14.7 Å². The number of hydrogen-bond acceptors (Lipinski definition) is 31. The number of nitrogens with one attached hydrogen (secondary N) is 4. The Labute approximate surface area is 883 Å². The van der Waals surface area contributed by atoms with Gasteiger partial charge in [-0.2, -0.15) is 26.3 Å². The van der Waals surface area contributed by atoms with Crippen LogP contribution in [0, 0.1) is 56.7 Å². The number of aliphatic hydroxyl groups excluding tert-OH is 1. The van der Waals surface area contributed by atoms with Crippen LogP contribution in [0.25, 0.3) is 0 Å². The molecule has 9 N–H and O–H groups in total. The van der Waals surface area contributed by atoms with Crippen LogP contribution in [0.1, 0.15) is 258 Å². The number of ether oxygens (including phenoxy) is 6. The Morgan fingerprint density at radius 3 is 0.963 bits per heavy atom. The number of carboxylic acid groups (broad SMARTS) is 2. The fourth-order valence-corrected chi connectivity index (χ4v) is 12.9. The number of rotatable bonds is 31. The van der Waals surface area contributed by atoms with Gasteiger partial charge < -0.3 is 102 Å². The zero-order valence-corrected chi connectivity index (χ0v) is 88.0. The summed E-state index contributed by atoms with van der Waals surface area (Å²) >= 11 is 5.59. The maximum atomic E-state index is 13.0. The number of benzene rings is 2. The molecule has 0 unspecified atom stereocenters. The van der Waals surface area contributed by atoms with Gasteiger partial charge in [-0.3, -0.25) is 47.9 Å². The topological polar surface area (TPSA) is 614 Å². The second-order valence-corrected chi connectivity index (χ2v) is 35.0. The maximum Gasteiger partial charge on any atom is 1.00 e. The van der Waals surface area contributed by atoms with Gasteiger partial charge in [-0.1, -0.05) is 74.5 Å². The third kappa shape index (κ3) is 59.0. The van der Waals surface area contributed by atoms with Crippen LogP contribution in [0.15, 0.2) is 60.7 Å². The summed E-state index contributed by atoms with van der Waals surface area (Å²) in [6.45, 7) is 28.8. The first-order valence-corrected chi connectivity index (χ1v) is 44.4. The average molecular weight is 1970 g/mol. The minimum atomic E-state index is -1.24. The molecular formula is C91H136ClK2N15O26. The number of ketones is 2. The third-order valence-corrected chi connectivity index (χ3v) is 19.4. The number of Topliss-reactive ketones (excluding diaryl/α,β-unsaturated/α-hetero) is 2. The summed E-state index contributed by atoms with van der Waals surface area (Å²) in [6, 6.07) is 22.3. The number of halogens is 1. The number of aliphatic hydroxyl groups is 1. The summed E-state index contributed by atoms with van der Waals surface area (Å²) in [7, 11) is 0. The average Bonchev–Trinajstić information content (AvgIpc) is 1.67. The van der Waals surface area contributed by atoms with Crippen LogP contribution < -0.4 is 135 Å². The number of amides is 8. The number of carbonyl (C=O) groups excluding carboxylic acids is 13. The molecule has 740 valence electrons. The van der Waals surface area contributed by atoms with Gasteiger partial charge in [0.15, 0.2) is 0 Å². The second kappa shape index (κ2) is 70.5. The fraction of sp³-hybridized carbons (Fsp3) is 0.648. The predicted molar refractivity (Wildman–Crippen MR) is 479 cm³/mol. The van der Waals surface area contributed by atoms with Crippen molar-refractivity contribution in [3.8, 4) is 30.3 Å². The van der Waals surface area contributed by atoms with Gasteiger partial charge in [0.05, 0.1) is 36.4 Å². The van der Waals surface area contributed by atoms with Gasteiger partial charge in [-0.05, 0) is 209 Å². The monoisotopic (exact) mass is 1970 g/mol. The first-order valence-electron chi connectivity index (χ1n) is 44.0. The number of hydrogen-bond donors (Lipinski definition) is 8. The Hall–Kier alpha value is -9.06. The van der Waals surface area contributed by atoms with Crippen LogP contribution in [0.2, 0.25) is 0 Å². The maximum absolute atomic E-state index is 13.0.